The first-order valence-corrected chi connectivity index (χ1v) is 7.06. The molecule has 20 heavy (non-hydrogen) atoms. The van der Waals surface area contributed by atoms with E-state index in [1.54, 1.807) is 6.92 Å². The molecule has 1 aliphatic rings. The minimum absolute atomic E-state index is 0.0824. The van der Waals surface area contributed by atoms with Crippen LogP contribution in [0.3, 0.4) is 0 Å². The van der Waals surface area contributed by atoms with Gasteiger partial charge in [0.15, 0.2) is 0 Å². The van der Waals surface area contributed by atoms with Gasteiger partial charge in [0.25, 0.3) is 5.91 Å². The van der Waals surface area contributed by atoms with Gasteiger partial charge in [0.2, 0.25) is 0 Å². The van der Waals surface area contributed by atoms with Crippen LogP contribution in [0.2, 0.25) is 0 Å². The molecular weight excluding hydrogens is 256 g/mol. The average Bonchev–Trinajstić information content (AvgIpc) is 3.23. The van der Waals surface area contributed by atoms with Crippen molar-refractivity contribution in [3.05, 3.63) is 29.1 Å². The van der Waals surface area contributed by atoms with Crippen LogP contribution >= 0.6 is 0 Å². The number of hydrogen-bond donors (Lipinski definition) is 1. The van der Waals surface area contributed by atoms with Crippen molar-refractivity contribution >= 4 is 11.9 Å². The molecule has 1 N–H and O–H groups in total. The highest BCUT2D eigenvalue weighted by atomic mass is 16.4. The van der Waals surface area contributed by atoms with E-state index in [-0.39, 0.29) is 11.5 Å². The Morgan fingerprint density at radius 2 is 2.10 bits per heavy atom. The van der Waals surface area contributed by atoms with Crippen molar-refractivity contribution in [2.75, 3.05) is 6.54 Å². The third-order valence-electron chi connectivity index (χ3n) is 3.54. The lowest BCUT2D eigenvalue weighted by Gasteiger charge is -2.22. The zero-order valence-electron chi connectivity index (χ0n) is 11.9. The van der Waals surface area contributed by atoms with Gasteiger partial charge in [-0.15, -0.1) is 0 Å². The lowest BCUT2D eigenvalue weighted by atomic mass is 10.1. The number of unbranched alkanes of at least 4 members (excludes halogenated alkanes) is 1. The average molecular weight is 276 g/mol. The summed E-state index contributed by atoms with van der Waals surface area (Å²) in [6.07, 6.45) is 4.14. The maximum atomic E-state index is 12.5. The lowest BCUT2D eigenvalue weighted by Crippen LogP contribution is -2.34. The van der Waals surface area contributed by atoms with Gasteiger partial charge in [-0.2, -0.15) is 0 Å². The molecular formula is C15H20N2O3. The number of carbonyl (C=O) groups excluding carboxylic acids is 1. The molecule has 1 fully saturated rings. The molecule has 0 spiro atoms. The van der Waals surface area contributed by atoms with E-state index in [9.17, 15) is 9.59 Å². The predicted molar refractivity (Wildman–Crippen MR) is 74.9 cm³/mol. The molecule has 0 bridgehead atoms. The van der Waals surface area contributed by atoms with Crippen molar-refractivity contribution in [2.24, 2.45) is 0 Å². The SMILES string of the molecule is CCCCN(C(=O)c1ccc(C(=O)O)c(C)n1)C1CC1. The zero-order valence-corrected chi connectivity index (χ0v) is 11.9. The number of aryl methyl sites for hydroxylation is 1. The molecule has 5 heteroatoms. The summed E-state index contributed by atoms with van der Waals surface area (Å²) < 4.78 is 0. The first kappa shape index (κ1) is 14.5. The van der Waals surface area contributed by atoms with Gasteiger partial charge in [-0.3, -0.25) is 4.79 Å². The number of carboxylic acids is 1. The van der Waals surface area contributed by atoms with E-state index in [2.05, 4.69) is 11.9 Å². The molecule has 0 radical (unpaired) electrons. The van der Waals surface area contributed by atoms with Gasteiger partial charge < -0.3 is 10.0 Å². The smallest absolute Gasteiger partial charge is 0.337 e. The number of aromatic nitrogens is 1. The molecule has 1 aromatic rings. The van der Waals surface area contributed by atoms with Crippen LogP contribution in [-0.2, 0) is 0 Å². The summed E-state index contributed by atoms with van der Waals surface area (Å²) in [5.74, 6) is -1.10. The Labute approximate surface area is 118 Å². The van der Waals surface area contributed by atoms with E-state index in [4.69, 9.17) is 5.11 Å². The van der Waals surface area contributed by atoms with Gasteiger partial charge >= 0.3 is 5.97 Å². The molecule has 108 valence electrons. The minimum Gasteiger partial charge on any atom is -0.478 e. The van der Waals surface area contributed by atoms with Gasteiger partial charge in [0.05, 0.1) is 11.3 Å². The van der Waals surface area contributed by atoms with Gasteiger partial charge in [-0.1, -0.05) is 13.3 Å². The summed E-state index contributed by atoms with van der Waals surface area (Å²) in [4.78, 5) is 29.5. The number of hydrogen-bond acceptors (Lipinski definition) is 3. The molecule has 0 unspecified atom stereocenters. The number of pyridine rings is 1. The van der Waals surface area contributed by atoms with Gasteiger partial charge in [0, 0.05) is 12.6 Å². The molecule has 1 amide bonds. The van der Waals surface area contributed by atoms with Crippen molar-refractivity contribution in [2.45, 2.75) is 45.6 Å². The van der Waals surface area contributed by atoms with Crippen molar-refractivity contribution < 1.29 is 14.7 Å². The van der Waals surface area contributed by atoms with E-state index < -0.39 is 5.97 Å². The molecule has 0 aromatic carbocycles. The van der Waals surface area contributed by atoms with Crippen LogP contribution in [0.15, 0.2) is 12.1 Å². The number of carboxylic acid groups (broad SMARTS) is 1. The van der Waals surface area contributed by atoms with Gasteiger partial charge in [-0.05, 0) is 38.3 Å². The number of aromatic carboxylic acids is 1. The molecule has 1 heterocycles. The van der Waals surface area contributed by atoms with Crippen LogP contribution in [0.5, 0.6) is 0 Å². The Bertz CT molecular complexity index is 524. The highest BCUT2D eigenvalue weighted by Gasteiger charge is 2.33. The van der Waals surface area contributed by atoms with Crippen LogP contribution in [-0.4, -0.2) is 39.5 Å². The standard InChI is InChI=1S/C15H20N2O3/c1-3-4-9-17(11-5-6-11)14(18)13-8-7-12(15(19)20)10(2)16-13/h7-8,11H,3-6,9H2,1-2H3,(H,19,20). The topological polar surface area (TPSA) is 70.5 Å². The summed E-state index contributed by atoms with van der Waals surface area (Å²) in [6, 6.07) is 3.32. The highest BCUT2D eigenvalue weighted by Crippen LogP contribution is 2.28. The maximum Gasteiger partial charge on any atom is 0.337 e. The largest absolute Gasteiger partial charge is 0.478 e. The summed E-state index contributed by atoms with van der Waals surface area (Å²) in [5, 5.41) is 8.98. The Morgan fingerprint density at radius 1 is 1.40 bits per heavy atom. The normalized spacial score (nSPS) is 14.1. The Balaban J connectivity index is 2.18. The molecule has 5 nitrogen and oxygen atoms in total. The van der Waals surface area contributed by atoms with Crippen molar-refractivity contribution in [3.8, 4) is 0 Å². The highest BCUT2D eigenvalue weighted by molar-refractivity contribution is 5.94. The fourth-order valence-electron chi connectivity index (χ4n) is 2.22. The van der Waals surface area contributed by atoms with E-state index in [1.165, 1.54) is 12.1 Å². The number of carbonyl (C=O) groups is 2. The lowest BCUT2D eigenvalue weighted by molar-refractivity contribution is 0.0690. The van der Waals surface area contributed by atoms with E-state index in [0.717, 1.165) is 32.2 Å². The number of nitrogens with zero attached hydrogens (tertiary/aromatic N) is 2. The fraction of sp³-hybridized carbons (Fsp3) is 0.533. The summed E-state index contributed by atoms with van der Waals surface area (Å²) in [7, 11) is 0. The predicted octanol–water partition coefficient (Wildman–Crippen LogP) is 2.49. The second-order valence-electron chi connectivity index (χ2n) is 5.22. The monoisotopic (exact) mass is 276 g/mol. The molecule has 1 aromatic heterocycles. The summed E-state index contributed by atoms with van der Waals surface area (Å²) in [5.41, 5.74) is 0.873. The van der Waals surface area contributed by atoms with Crippen LogP contribution < -0.4 is 0 Å². The Hall–Kier alpha value is -1.91. The fourth-order valence-corrected chi connectivity index (χ4v) is 2.22. The third kappa shape index (κ3) is 3.15. The molecule has 1 saturated carbocycles. The third-order valence-corrected chi connectivity index (χ3v) is 3.54. The summed E-state index contributed by atoms with van der Waals surface area (Å²) >= 11 is 0. The van der Waals surface area contributed by atoms with Crippen LogP contribution in [0.1, 0.15) is 59.1 Å². The van der Waals surface area contributed by atoms with E-state index >= 15 is 0 Å². The quantitative estimate of drug-likeness (QED) is 0.866. The maximum absolute atomic E-state index is 12.5. The Morgan fingerprint density at radius 3 is 2.60 bits per heavy atom. The van der Waals surface area contributed by atoms with E-state index in [1.807, 2.05) is 4.90 Å². The number of rotatable bonds is 6. The second kappa shape index (κ2) is 6.03. The van der Waals surface area contributed by atoms with Crippen LogP contribution in [0, 0.1) is 6.92 Å². The first-order valence-electron chi connectivity index (χ1n) is 7.06. The summed E-state index contributed by atoms with van der Waals surface area (Å²) in [6.45, 7) is 4.47. The van der Waals surface area contributed by atoms with Crippen LogP contribution in [0.25, 0.3) is 0 Å². The van der Waals surface area contributed by atoms with Gasteiger partial charge in [0.1, 0.15) is 5.69 Å². The van der Waals surface area contributed by atoms with E-state index in [0.29, 0.717) is 17.4 Å². The number of amides is 1. The minimum atomic E-state index is -1.01. The molecule has 0 atom stereocenters. The van der Waals surface area contributed by atoms with Crippen molar-refractivity contribution in [1.29, 1.82) is 0 Å². The van der Waals surface area contributed by atoms with Gasteiger partial charge in [-0.25, -0.2) is 9.78 Å². The molecule has 0 saturated heterocycles. The zero-order chi connectivity index (χ0) is 14.7. The van der Waals surface area contributed by atoms with Crippen LogP contribution in [0.4, 0.5) is 0 Å². The van der Waals surface area contributed by atoms with Crippen molar-refractivity contribution in [3.63, 3.8) is 0 Å². The first-order chi connectivity index (χ1) is 9.54. The second-order valence-corrected chi connectivity index (χ2v) is 5.22. The molecule has 2 rings (SSSR count). The molecule has 1 aliphatic carbocycles. The van der Waals surface area contributed by atoms with Crippen molar-refractivity contribution in [1.82, 2.24) is 9.88 Å². The Kier molecular flexibility index (Phi) is 4.37. The molecule has 0 aliphatic heterocycles.